The molecule has 0 unspecified atom stereocenters. The van der Waals surface area contributed by atoms with Crippen LogP contribution in [-0.2, 0) is 35.8 Å². The monoisotopic (exact) mass is 1090 g/mol. The average Bonchev–Trinajstić information content (AvgIpc) is 3.37. The summed E-state index contributed by atoms with van der Waals surface area (Å²) in [4.78, 5) is 51.5. The molecule has 4 aromatic carbocycles. The van der Waals surface area contributed by atoms with Crippen molar-refractivity contribution in [3.8, 4) is 0 Å². The summed E-state index contributed by atoms with van der Waals surface area (Å²) in [5, 5.41) is 57.4. The minimum Gasteiger partial charge on any atom is -0.475 e. The van der Waals surface area contributed by atoms with Crippen LogP contribution in [0.25, 0.3) is 0 Å². The molecule has 2 saturated heterocycles. The number of nitrogens with zero attached hydrogens (tertiary/aromatic N) is 4. The molecule has 0 radical (unpaired) electrons. The fourth-order valence-electron chi connectivity index (χ4n) is 7.50. The SMILES string of the molecule is CN1CCC(N(Cc2ccc(F)cc2F)C(=O)NCc2ccc([C@@H](O)CO)cc2)CC1.CN1CCC(N(Cc2ccc(F)cc2F)C(=O)NCc2ccc([C@H](O)CO)cc2)CC1.O=C(O)C(F)(F)F.O=C(O)C(F)(F)F. The summed E-state index contributed by atoms with van der Waals surface area (Å²) in [7, 11) is 4.05. The predicted molar refractivity (Wildman–Crippen MR) is 254 cm³/mol. The molecule has 2 aliphatic heterocycles. The van der Waals surface area contributed by atoms with Gasteiger partial charge in [-0.1, -0.05) is 60.7 Å². The van der Waals surface area contributed by atoms with Crippen LogP contribution in [0, 0.1) is 23.3 Å². The summed E-state index contributed by atoms with van der Waals surface area (Å²) in [6, 6.07) is 20.0. The van der Waals surface area contributed by atoms with Gasteiger partial charge in [0.1, 0.15) is 35.5 Å². The van der Waals surface area contributed by atoms with E-state index in [4.69, 9.17) is 30.0 Å². The molecular formula is C50H60F10N6O10. The predicted octanol–water partition coefficient (Wildman–Crippen LogP) is 6.86. The molecule has 16 nitrogen and oxygen atoms in total. The first-order valence-corrected chi connectivity index (χ1v) is 23.3. The largest absolute Gasteiger partial charge is 0.490 e. The number of hydrogen-bond donors (Lipinski definition) is 8. The van der Waals surface area contributed by atoms with E-state index in [0.29, 0.717) is 11.1 Å². The lowest BCUT2D eigenvalue weighted by molar-refractivity contribution is -0.193. The fraction of sp³-hybridized carbons (Fsp3) is 0.440. The molecule has 2 heterocycles. The second-order valence-electron chi connectivity index (χ2n) is 17.6. The number of halogens is 10. The number of rotatable bonds is 14. The van der Waals surface area contributed by atoms with E-state index in [1.54, 1.807) is 58.3 Å². The molecule has 4 aromatic rings. The number of benzene rings is 4. The Morgan fingerprint density at radius 2 is 0.842 bits per heavy atom. The average molecular weight is 1100 g/mol. The normalized spacial score (nSPS) is 15.3. The Kier molecular flexibility index (Phi) is 25.3. The smallest absolute Gasteiger partial charge is 0.475 e. The maximum Gasteiger partial charge on any atom is 0.490 e. The second kappa shape index (κ2) is 30.2. The van der Waals surface area contributed by atoms with E-state index < -0.39 is 59.8 Å². The Morgan fingerprint density at radius 3 is 1.09 bits per heavy atom. The Bertz CT molecular complexity index is 2290. The topological polar surface area (TPSA) is 227 Å². The molecule has 0 aromatic heterocycles. The number of likely N-dealkylation sites (tertiary alicyclic amines) is 2. The Morgan fingerprint density at radius 1 is 0.553 bits per heavy atom. The molecule has 0 spiro atoms. The van der Waals surface area contributed by atoms with Gasteiger partial charge in [-0.05, 0) is 100 Å². The summed E-state index contributed by atoms with van der Waals surface area (Å²) in [6.45, 7) is 3.31. The summed E-state index contributed by atoms with van der Waals surface area (Å²) in [6.07, 6.45) is -8.93. The van der Waals surface area contributed by atoms with Gasteiger partial charge in [0, 0.05) is 48.4 Å². The lowest BCUT2D eigenvalue weighted by atomic mass is 10.0. The van der Waals surface area contributed by atoms with Crippen LogP contribution in [-0.4, -0.2) is 152 Å². The highest BCUT2D eigenvalue weighted by Crippen LogP contribution is 2.24. The number of hydrogen-bond acceptors (Lipinski definition) is 10. The summed E-state index contributed by atoms with van der Waals surface area (Å²) >= 11 is 0. The van der Waals surface area contributed by atoms with Crippen LogP contribution in [0.1, 0.15) is 71.3 Å². The first kappa shape index (κ1) is 63.7. The molecule has 2 aliphatic rings. The van der Waals surface area contributed by atoms with Gasteiger partial charge in [-0.3, -0.25) is 0 Å². The highest BCUT2D eigenvalue weighted by molar-refractivity contribution is 5.75. The number of carbonyl (C=O) groups is 4. The van der Waals surface area contributed by atoms with Crippen molar-refractivity contribution in [3.05, 3.63) is 142 Å². The first-order chi connectivity index (χ1) is 35.6. The molecule has 420 valence electrons. The van der Waals surface area contributed by atoms with Crippen LogP contribution in [0.3, 0.4) is 0 Å². The zero-order valence-corrected chi connectivity index (χ0v) is 41.2. The van der Waals surface area contributed by atoms with Gasteiger partial charge in [-0.15, -0.1) is 0 Å². The number of carbonyl (C=O) groups excluding carboxylic acids is 2. The minimum atomic E-state index is -5.08. The standard InChI is InChI=1S/2C23H29F2N3O3.2C2HF3O2/c2*1-27-10-8-20(9-11-27)28(14-18-6-7-19(24)12-21(18)25)23(31)26-13-16-2-4-17(5-3-16)22(30)15-29;2*3-2(4,5)1(6)7/h2*2-7,12,20,22,29-30H,8-11,13-15H2,1H3,(H,26,31);2*(H,6,7)/t2*22-;;/m10../s1. The van der Waals surface area contributed by atoms with E-state index in [-0.39, 0.29) is 74.7 Å². The van der Waals surface area contributed by atoms with E-state index in [1.165, 1.54) is 24.3 Å². The summed E-state index contributed by atoms with van der Waals surface area (Å²) in [5.41, 5.74) is 3.40. The molecule has 26 heteroatoms. The van der Waals surface area contributed by atoms with Crippen molar-refractivity contribution in [2.45, 2.75) is 88.5 Å². The Hall–Kier alpha value is -6.58. The van der Waals surface area contributed by atoms with E-state index in [0.717, 1.165) is 75.1 Å². The number of piperidine rings is 2. The van der Waals surface area contributed by atoms with Gasteiger partial charge < -0.3 is 60.9 Å². The molecule has 0 saturated carbocycles. The zero-order valence-electron chi connectivity index (χ0n) is 41.2. The van der Waals surface area contributed by atoms with E-state index in [2.05, 4.69) is 20.4 Å². The highest BCUT2D eigenvalue weighted by atomic mass is 19.4. The van der Waals surface area contributed by atoms with Gasteiger partial charge in [0.05, 0.1) is 26.3 Å². The number of urea groups is 2. The molecule has 76 heavy (non-hydrogen) atoms. The van der Waals surface area contributed by atoms with Crippen molar-refractivity contribution in [2.24, 2.45) is 0 Å². The quantitative estimate of drug-likeness (QED) is 0.0607. The van der Waals surface area contributed by atoms with Crippen LogP contribution in [0.5, 0.6) is 0 Å². The van der Waals surface area contributed by atoms with Gasteiger partial charge in [-0.2, -0.15) is 26.3 Å². The van der Waals surface area contributed by atoms with Gasteiger partial charge in [-0.25, -0.2) is 36.7 Å². The third kappa shape index (κ3) is 21.6. The third-order valence-electron chi connectivity index (χ3n) is 11.9. The zero-order chi connectivity index (χ0) is 56.9. The molecule has 6 rings (SSSR count). The van der Waals surface area contributed by atoms with Gasteiger partial charge in [0.25, 0.3) is 0 Å². The molecule has 0 aliphatic carbocycles. The van der Waals surface area contributed by atoms with Crippen molar-refractivity contribution in [2.75, 3.05) is 53.5 Å². The van der Waals surface area contributed by atoms with E-state index in [1.807, 2.05) is 14.1 Å². The number of aliphatic hydroxyl groups is 4. The lowest BCUT2D eigenvalue weighted by Gasteiger charge is -2.37. The van der Waals surface area contributed by atoms with Crippen LogP contribution in [0.2, 0.25) is 0 Å². The third-order valence-corrected chi connectivity index (χ3v) is 11.9. The number of carboxylic acids is 2. The van der Waals surface area contributed by atoms with Crippen molar-refractivity contribution >= 4 is 24.0 Å². The summed E-state index contributed by atoms with van der Waals surface area (Å²) in [5.74, 6) is -8.13. The Balaban J connectivity index is 0.000000320. The maximum atomic E-state index is 14.2. The van der Waals surface area contributed by atoms with E-state index in [9.17, 15) is 63.7 Å². The number of nitrogens with one attached hydrogen (secondary N) is 2. The number of alkyl halides is 6. The van der Waals surface area contributed by atoms with Gasteiger partial charge >= 0.3 is 36.4 Å². The maximum absolute atomic E-state index is 14.2. The van der Waals surface area contributed by atoms with Crippen molar-refractivity contribution in [1.29, 1.82) is 0 Å². The van der Waals surface area contributed by atoms with Crippen LogP contribution in [0.4, 0.5) is 53.5 Å². The molecule has 0 bridgehead atoms. The fourth-order valence-corrected chi connectivity index (χ4v) is 7.50. The second-order valence-corrected chi connectivity index (χ2v) is 17.6. The van der Waals surface area contributed by atoms with E-state index >= 15 is 0 Å². The van der Waals surface area contributed by atoms with Crippen molar-refractivity contribution in [3.63, 3.8) is 0 Å². The lowest BCUT2D eigenvalue weighted by Crippen LogP contribution is -2.49. The van der Waals surface area contributed by atoms with Crippen molar-refractivity contribution < 1.29 is 93.7 Å². The van der Waals surface area contributed by atoms with Gasteiger partial charge in [0.15, 0.2) is 0 Å². The molecule has 8 N–H and O–H groups in total. The highest BCUT2D eigenvalue weighted by Gasteiger charge is 2.39. The minimum absolute atomic E-state index is 0.0391. The molecular weight excluding hydrogens is 1030 g/mol. The van der Waals surface area contributed by atoms with Crippen LogP contribution in [0.15, 0.2) is 84.9 Å². The van der Waals surface area contributed by atoms with Crippen LogP contribution < -0.4 is 10.6 Å². The van der Waals surface area contributed by atoms with Crippen LogP contribution >= 0.6 is 0 Å². The first-order valence-electron chi connectivity index (χ1n) is 23.3. The molecule has 2 fully saturated rings. The number of aliphatic carboxylic acids is 2. The van der Waals surface area contributed by atoms with Gasteiger partial charge in [0.2, 0.25) is 0 Å². The summed E-state index contributed by atoms with van der Waals surface area (Å²) < 4.78 is 119. The molecule has 4 amide bonds. The number of aliphatic hydroxyl groups excluding tert-OH is 4. The Labute approximate surface area is 430 Å². The molecule has 2 atom stereocenters. The van der Waals surface area contributed by atoms with Crippen molar-refractivity contribution in [1.82, 2.24) is 30.2 Å². The number of carboxylic acid groups (broad SMARTS) is 2. The number of amides is 4.